The molecule has 0 aromatic heterocycles. The predicted octanol–water partition coefficient (Wildman–Crippen LogP) is 2.22. The van der Waals surface area contributed by atoms with Crippen LogP contribution in [0.2, 0.25) is 0 Å². The molecule has 2 rings (SSSR count). The number of aliphatic imine (C=N–C) groups is 1. The van der Waals surface area contributed by atoms with Gasteiger partial charge in [0.15, 0.2) is 5.96 Å². The number of ether oxygens (including phenoxy) is 1. The van der Waals surface area contributed by atoms with Gasteiger partial charge in [-0.2, -0.15) is 0 Å². The molecule has 6 heteroatoms. The van der Waals surface area contributed by atoms with E-state index in [1.807, 2.05) is 18.2 Å². The molecule has 1 fully saturated rings. The average Bonchev–Trinajstić information content (AvgIpc) is 2.70. The topological polar surface area (TPSA) is 74.2 Å². The van der Waals surface area contributed by atoms with E-state index >= 15 is 0 Å². The highest BCUT2D eigenvalue weighted by molar-refractivity contribution is 5.85. The van der Waals surface area contributed by atoms with Crippen LogP contribution in [0.3, 0.4) is 0 Å². The lowest BCUT2D eigenvalue weighted by Crippen LogP contribution is -2.63. The van der Waals surface area contributed by atoms with Crippen molar-refractivity contribution in [3.63, 3.8) is 0 Å². The zero-order valence-corrected chi connectivity index (χ0v) is 16.7. The molecule has 27 heavy (non-hydrogen) atoms. The van der Waals surface area contributed by atoms with E-state index in [9.17, 15) is 4.79 Å². The first-order valence-electron chi connectivity index (χ1n) is 9.92. The maximum Gasteiger partial charge on any atom is 0.312 e. The number of hydrogen-bond donors (Lipinski definition) is 2. The molecule has 1 aromatic rings. The monoisotopic (exact) mass is 375 g/mol. The van der Waals surface area contributed by atoms with Gasteiger partial charge < -0.3 is 20.1 Å². The van der Waals surface area contributed by atoms with E-state index in [2.05, 4.69) is 36.2 Å². The Hall–Kier alpha value is -2.08. The van der Waals surface area contributed by atoms with E-state index < -0.39 is 0 Å². The second kappa shape index (κ2) is 10.9. The predicted molar refractivity (Wildman–Crippen MR) is 108 cm³/mol. The Morgan fingerprint density at radius 2 is 2.04 bits per heavy atom. The van der Waals surface area contributed by atoms with Gasteiger partial charge in [-0.3, -0.25) is 9.79 Å². The van der Waals surface area contributed by atoms with Crippen LogP contribution < -0.4 is 5.32 Å². The molecule has 0 aliphatic carbocycles. The van der Waals surface area contributed by atoms with Crippen molar-refractivity contribution >= 4 is 11.9 Å². The standard InChI is InChI=1S/C21H33N3O3/c1-4-24-16(2)19(20(26)27-3)18(13-12-17-10-6-5-7-11-17)23-21(24)22-14-8-9-15-25/h5-7,10-11,16,18-19,25H,4,8-9,12-15H2,1-3H3,(H,22,23)/t16-,18+,19-/m1/s1. The maximum atomic E-state index is 12.5. The number of carbonyl (C=O) groups is 1. The molecule has 150 valence electrons. The summed E-state index contributed by atoms with van der Waals surface area (Å²) in [5.41, 5.74) is 1.26. The number of esters is 1. The minimum Gasteiger partial charge on any atom is -0.469 e. The van der Waals surface area contributed by atoms with Gasteiger partial charge in [-0.25, -0.2) is 0 Å². The number of methoxy groups -OCH3 is 1. The van der Waals surface area contributed by atoms with E-state index in [1.165, 1.54) is 12.7 Å². The zero-order chi connectivity index (χ0) is 19.6. The fraction of sp³-hybridized carbons (Fsp3) is 0.619. The van der Waals surface area contributed by atoms with Gasteiger partial charge >= 0.3 is 5.97 Å². The Morgan fingerprint density at radius 1 is 1.30 bits per heavy atom. The summed E-state index contributed by atoms with van der Waals surface area (Å²) in [7, 11) is 1.46. The molecule has 6 nitrogen and oxygen atoms in total. The first-order chi connectivity index (χ1) is 13.1. The van der Waals surface area contributed by atoms with Crippen LogP contribution in [0, 0.1) is 5.92 Å². The molecule has 3 atom stereocenters. The summed E-state index contributed by atoms with van der Waals surface area (Å²) >= 11 is 0. The first-order valence-corrected chi connectivity index (χ1v) is 9.92. The van der Waals surface area contributed by atoms with Crippen molar-refractivity contribution in [1.82, 2.24) is 10.2 Å². The normalized spacial score (nSPS) is 23.9. The molecule has 0 amide bonds. The summed E-state index contributed by atoms with van der Waals surface area (Å²) in [6.07, 6.45) is 3.33. The molecule has 0 spiro atoms. The lowest BCUT2D eigenvalue weighted by Gasteiger charge is -2.45. The Bertz CT molecular complexity index is 606. The SMILES string of the molecule is CCN1C(=NCCCCO)N[C@@H](CCc2ccccc2)[C@H](C(=O)OC)[C@H]1C. The second-order valence-electron chi connectivity index (χ2n) is 6.99. The zero-order valence-electron chi connectivity index (χ0n) is 16.7. The van der Waals surface area contributed by atoms with Crippen molar-refractivity contribution in [2.45, 2.75) is 51.6 Å². The molecule has 1 aliphatic heterocycles. The summed E-state index contributed by atoms with van der Waals surface area (Å²) in [4.78, 5) is 19.4. The summed E-state index contributed by atoms with van der Waals surface area (Å²) in [5, 5.41) is 12.5. The Morgan fingerprint density at radius 3 is 2.67 bits per heavy atom. The van der Waals surface area contributed by atoms with Crippen LogP contribution in [-0.4, -0.2) is 60.8 Å². The van der Waals surface area contributed by atoms with Crippen LogP contribution in [-0.2, 0) is 16.0 Å². The number of guanidine groups is 1. The van der Waals surface area contributed by atoms with Gasteiger partial charge in [-0.05, 0) is 45.1 Å². The highest BCUT2D eigenvalue weighted by Gasteiger charge is 2.42. The number of carbonyl (C=O) groups excluding carboxylic acids is 1. The number of hydrogen-bond acceptors (Lipinski definition) is 4. The lowest BCUT2D eigenvalue weighted by atomic mass is 9.85. The van der Waals surface area contributed by atoms with Gasteiger partial charge in [-0.1, -0.05) is 30.3 Å². The quantitative estimate of drug-likeness (QED) is 0.511. The van der Waals surface area contributed by atoms with Gasteiger partial charge in [0.25, 0.3) is 0 Å². The molecule has 1 heterocycles. The van der Waals surface area contributed by atoms with Gasteiger partial charge in [0.1, 0.15) is 0 Å². The van der Waals surface area contributed by atoms with Crippen LogP contribution >= 0.6 is 0 Å². The fourth-order valence-electron chi connectivity index (χ4n) is 3.76. The highest BCUT2D eigenvalue weighted by Crippen LogP contribution is 2.25. The van der Waals surface area contributed by atoms with E-state index in [1.54, 1.807) is 0 Å². The van der Waals surface area contributed by atoms with Crippen molar-refractivity contribution in [3.05, 3.63) is 35.9 Å². The van der Waals surface area contributed by atoms with Gasteiger partial charge in [-0.15, -0.1) is 0 Å². The fourth-order valence-corrected chi connectivity index (χ4v) is 3.76. The van der Waals surface area contributed by atoms with Crippen LogP contribution in [0.4, 0.5) is 0 Å². The second-order valence-corrected chi connectivity index (χ2v) is 6.99. The van der Waals surface area contributed by atoms with Crippen molar-refractivity contribution in [2.75, 3.05) is 26.8 Å². The first kappa shape index (κ1) is 21.2. The van der Waals surface area contributed by atoms with Crippen LogP contribution in [0.5, 0.6) is 0 Å². The molecular weight excluding hydrogens is 342 g/mol. The van der Waals surface area contributed by atoms with E-state index in [4.69, 9.17) is 14.8 Å². The Kier molecular flexibility index (Phi) is 8.58. The minimum atomic E-state index is -0.241. The average molecular weight is 376 g/mol. The number of aryl methyl sites for hydroxylation is 1. The third kappa shape index (κ3) is 5.70. The number of nitrogens with one attached hydrogen (secondary N) is 1. The van der Waals surface area contributed by atoms with Crippen LogP contribution in [0.15, 0.2) is 35.3 Å². The van der Waals surface area contributed by atoms with Crippen molar-refractivity contribution < 1.29 is 14.6 Å². The van der Waals surface area contributed by atoms with Crippen molar-refractivity contribution in [2.24, 2.45) is 10.9 Å². The molecule has 2 N–H and O–H groups in total. The summed E-state index contributed by atoms with van der Waals surface area (Å²) in [6, 6.07) is 10.3. The molecule has 1 aromatic carbocycles. The number of aliphatic hydroxyl groups excluding tert-OH is 1. The molecule has 1 aliphatic rings. The lowest BCUT2D eigenvalue weighted by molar-refractivity contribution is -0.149. The molecule has 0 saturated carbocycles. The number of aliphatic hydroxyl groups is 1. The van der Waals surface area contributed by atoms with Gasteiger partial charge in [0, 0.05) is 31.8 Å². The van der Waals surface area contributed by atoms with Crippen LogP contribution in [0.1, 0.15) is 38.7 Å². The third-order valence-corrected chi connectivity index (χ3v) is 5.26. The Labute approximate surface area is 162 Å². The molecule has 1 saturated heterocycles. The number of benzene rings is 1. The van der Waals surface area contributed by atoms with Gasteiger partial charge in [0.05, 0.1) is 13.0 Å². The number of rotatable bonds is 9. The van der Waals surface area contributed by atoms with E-state index in [-0.39, 0.29) is 30.6 Å². The van der Waals surface area contributed by atoms with Gasteiger partial charge in [0.2, 0.25) is 0 Å². The summed E-state index contributed by atoms with van der Waals surface area (Å²) < 4.78 is 5.11. The summed E-state index contributed by atoms with van der Waals surface area (Å²) in [6.45, 7) is 5.77. The van der Waals surface area contributed by atoms with E-state index in [0.29, 0.717) is 6.54 Å². The van der Waals surface area contributed by atoms with Crippen molar-refractivity contribution in [3.8, 4) is 0 Å². The number of unbranched alkanes of at least 4 members (excludes halogenated alkanes) is 1. The van der Waals surface area contributed by atoms with E-state index in [0.717, 1.165) is 38.2 Å². The smallest absolute Gasteiger partial charge is 0.312 e. The molecule has 0 radical (unpaired) electrons. The maximum absolute atomic E-state index is 12.5. The molecular formula is C21H33N3O3. The molecule has 0 unspecified atom stereocenters. The largest absolute Gasteiger partial charge is 0.469 e. The molecule has 0 bridgehead atoms. The number of nitrogens with zero attached hydrogens (tertiary/aromatic N) is 2. The Balaban J connectivity index is 2.16. The highest BCUT2D eigenvalue weighted by atomic mass is 16.5. The summed E-state index contributed by atoms with van der Waals surface area (Å²) in [5.74, 6) is 0.432. The minimum absolute atomic E-state index is 0.0149. The van der Waals surface area contributed by atoms with Crippen LogP contribution in [0.25, 0.3) is 0 Å². The third-order valence-electron chi connectivity index (χ3n) is 5.26. The van der Waals surface area contributed by atoms with Crippen molar-refractivity contribution in [1.29, 1.82) is 0 Å².